The van der Waals surface area contributed by atoms with E-state index in [1.807, 2.05) is 54.6 Å². The number of rotatable bonds is 6. The summed E-state index contributed by atoms with van der Waals surface area (Å²) in [5, 5.41) is 9.84. The number of aryl methyl sites for hydroxylation is 1. The van der Waals surface area contributed by atoms with E-state index in [0.717, 1.165) is 23.3 Å². The summed E-state index contributed by atoms with van der Waals surface area (Å²) < 4.78 is 5.96. The van der Waals surface area contributed by atoms with Crippen molar-refractivity contribution in [1.82, 2.24) is 4.98 Å². The van der Waals surface area contributed by atoms with Gasteiger partial charge in [-0.3, -0.25) is 0 Å². The lowest BCUT2D eigenvalue weighted by atomic mass is 10.1. The Labute approximate surface area is 150 Å². The monoisotopic (exact) mass is 351 g/mol. The Morgan fingerprint density at radius 3 is 2.60 bits per heavy atom. The van der Waals surface area contributed by atoms with Gasteiger partial charge in [0.1, 0.15) is 21.4 Å². The molecule has 0 saturated heterocycles. The minimum atomic E-state index is -0.944. The van der Waals surface area contributed by atoms with Gasteiger partial charge >= 0.3 is 5.97 Å². The van der Waals surface area contributed by atoms with E-state index in [1.54, 1.807) is 6.92 Å². The maximum absolute atomic E-state index is 11.2. The Morgan fingerprint density at radius 1 is 1.24 bits per heavy atom. The van der Waals surface area contributed by atoms with Crippen LogP contribution < -0.4 is 4.74 Å². The van der Waals surface area contributed by atoms with Gasteiger partial charge < -0.3 is 9.84 Å². The van der Waals surface area contributed by atoms with Crippen molar-refractivity contribution in [1.29, 1.82) is 0 Å². The minimum absolute atomic E-state index is 0.272. The van der Waals surface area contributed by atoms with E-state index in [4.69, 9.17) is 9.84 Å². The number of benzene rings is 2. The number of carboxylic acid groups (broad SMARTS) is 1. The first-order valence-corrected chi connectivity index (χ1v) is 8.58. The van der Waals surface area contributed by atoms with Crippen LogP contribution in [-0.4, -0.2) is 16.1 Å². The highest BCUT2D eigenvalue weighted by atomic mass is 32.1. The molecule has 5 heteroatoms. The maximum Gasteiger partial charge on any atom is 0.347 e. The third-order valence-electron chi connectivity index (χ3n) is 3.66. The topological polar surface area (TPSA) is 59.4 Å². The third-order valence-corrected chi connectivity index (χ3v) is 4.85. The first-order valence-electron chi connectivity index (χ1n) is 7.76. The predicted octanol–water partition coefficient (Wildman–Crippen LogP) is 5.34. The van der Waals surface area contributed by atoms with Crippen molar-refractivity contribution in [3.63, 3.8) is 0 Å². The highest BCUT2D eigenvalue weighted by Gasteiger charge is 2.15. The van der Waals surface area contributed by atoms with Crippen molar-refractivity contribution in [3.8, 4) is 22.1 Å². The van der Waals surface area contributed by atoms with Crippen molar-refractivity contribution in [2.45, 2.75) is 13.3 Å². The molecule has 2 aromatic carbocycles. The molecule has 0 aliphatic heterocycles. The number of ether oxygens (including phenoxy) is 1. The Kier molecular flexibility index (Phi) is 4.95. The van der Waals surface area contributed by atoms with Crippen molar-refractivity contribution in [2.75, 3.05) is 0 Å². The van der Waals surface area contributed by atoms with E-state index in [0.29, 0.717) is 16.5 Å². The number of thiazole rings is 1. The van der Waals surface area contributed by atoms with Crippen molar-refractivity contribution in [2.24, 2.45) is 0 Å². The molecule has 0 atom stereocenters. The summed E-state index contributed by atoms with van der Waals surface area (Å²) in [5.41, 5.74) is 2.47. The van der Waals surface area contributed by atoms with Gasteiger partial charge in [-0.1, -0.05) is 24.3 Å². The van der Waals surface area contributed by atoms with E-state index in [-0.39, 0.29) is 4.88 Å². The van der Waals surface area contributed by atoms with Crippen molar-refractivity contribution < 1.29 is 14.6 Å². The number of aromatic nitrogens is 1. The minimum Gasteiger partial charge on any atom is -0.477 e. The summed E-state index contributed by atoms with van der Waals surface area (Å²) >= 11 is 1.18. The largest absolute Gasteiger partial charge is 0.477 e. The second-order valence-corrected chi connectivity index (χ2v) is 6.46. The number of carbonyl (C=O) groups is 1. The molecule has 4 nitrogen and oxygen atoms in total. The van der Waals surface area contributed by atoms with Gasteiger partial charge in [0.15, 0.2) is 0 Å². The van der Waals surface area contributed by atoms with Gasteiger partial charge in [-0.05, 0) is 49.2 Å². The summed E-state index contributed by atoms with van der Waals surface area (Å²) in [6.45, 7) is 5.47. The smallest absolute Gasteiger partial charge is 0.347 e. The first kappa shape index (κ1) is 16.9. The van der Waals surface area contributed by atoms with Crippen LogP contribution in [0.5, 0.6) is 11.5 Å². The van der Waals surface area contributed by atoms with Crippen LogP contribution in [0.4, 0.5) is 0 Å². The molecule has 0 unspecified atom stereocenters. The molecule has 25 heavy (non-hydrogen) atoms. The number of hydrogen-bond donors (Lipinski definition) is 1. The zero-order valence-electron chi connectivity index (χ0n) is 13.7. The number of carboxylic acids is 1. The van der Waals surface area contributed by atoms with E-state index < -0.39 is 5.97 Å². The molecule has 0 fully saturated rings. The molecule has 126 valence electrons. The van der Waals surface area contributed by atoms with Crippen LogP contribution >= 0.6 is 11.3 Å². The van der Waals surface area contributed by atoms with Crippen LogP contribution in [0.1, 0.15) is 20.9 Å². The lowest BCUT2D eigenvalue weighted by molar-refractivity contribution is 0.0701. The Balaban J connectivity index is 1.82. The lowest BCUT2D eigenvalue weighted by Gasteiger charge is -2.10. The van der Waals surface area contributed by atoms with Crippen LogP contribution in [0.25, 0.3) is 10.6 Å². The highest BCUT2D eigenvalue weighted by molar-refractivity contribution is 7.17. The van der Waals surface area contributed by atoms with Crippen molar-refractivity contribution in [3.05, 3.63) is 77.3 Å². The number of nitrogens with zero attached hydrogens (tertiary/aromatic N) is 1. The molecule has 0 amide bonds. The standard InChI is InChI=1S/C20H17NO3S/c1-3-6-14-7-4-5-8-17(14)24-16-11-9-15(10-12-16)19-21-13(2)18(25-19)20(22)23/h3-5,7-12H,1,6H2,2H3,(H,22,23). The normalized spacial score (nSPS) is 10.4. The molecule has 0 aliphatic rings. The summed E-state index contributed by atoms with van der Waals surface area (Å²) in [7, 11) is 0. The number of para-hydroxylation sites is 1. The van der Waals surface area contributed by atoms with Gasteiger partial charge in [-0.2, -0.15) is 0 Å². The molecule has 3 aromatic rings. The summed E-state index contributed by atoms with van der Waals surface area (Å²) in [5.74, 6) is 0.570. The average molecular weight is 351 g/mol. The fraction of sp³-hybridized carbons (Fsp3) is 0.100. The Morgan fingerprint density at radius 2 is 1.96 bits per heavy atom. The summed E-state index contributed by atoms with van der Waals surface area (Å²) in [6, 6.07) is 15.3. The molecular weight excluding hydrogens is 334 g/mol. The van der Waals surface area contributed by atoms with Gasteiger partial charge in [0.25, 0.3) is 0 Å². The fourth-order valence-corrected chi connectivity index (χ4v) is 3.35. The lowest BCUT2D eigenvalue weighted by Crippen LogP contribution is -1.94. The molecule has 0 radical (unpaired) electrons. The second kappa shape index (κ2) is 7.32. The van der Waals surface area contributed by atoms with Crippen LogP contribution in [0, 0.1) is 6.92 Å². The average Bonchev–Trinajstić information content (AvgIpc) is 3.00. The quantitative estimate of drug-likeness (QED) is 0.609. The van der Waals surface area contributed by atoms with Crippen molar-refractivity contribution >= 4 is 17.3 Å². The predicted molar refractivity (Wildman–Crippen MR) is 99.7 cm³/mol. The summed E-state index contributed by atoms with van der Waals surface area (Å²) in [6.07, 6.45) is 2.58. The van der Waals surface area contributed by atoms with Crippen LogP contribution in [0.2, 0.25) is 0 Å². The second-order valence-electron chi connectivity index (χ2n) is 5.47. The fourth-order valence-electron chi connectivity index (χ4n) is 2.44. The third kappa shape index (κ3) is 3.78. The van der Waals surface area contributed by atoms with Crippen LogP contribution in [0.15, 0.2) is 61.2 Å². The zero-order valence-corrected chi connectivity index (χ0v) is 14.5. The first-order chi connectivity index (χ1) is 12.1. The van der Waals surface area contributed by atoms with Gasteiger partial charge in [-0.25, -0.2) is 9.78 Å². The molecular formula is C20H17NO3S. The SMILES string of the molecule is C=CCc1ccccc1Oc1ccc(-c2nc(C)c(C(=O)O)s2)cc1. The van der Waals surface area contributed by atoms with Gasteiger partial charge in [0.05, 0.1) is 5.69 Å². The Hall–Kier alpha value is -2.92. The summed E-state index contributed by atoms with van der Waals surface area (Å²) in [4.78, 5) is 15.8. The van der Waals surface area contributed by atoms with Crippen LogP contribution in [0.3, 0.4) is 0 Å². The molecule has 1 N–H and O–H groups in total. The molecule has 3 rings (SSSR count). The number of aromatic carboxylic acids is 1. The zero-order chi connectivity index (χ0) is 17.8. The highest BCUT2D eigenvalue weighted by Crippen LogP contribution is 2.31. The molecule has 0 bridgehead atoms. The van der Waals surface area contributed by atoms with Gasteiger partial charge in [0.2, 0.25) is 0 Å². The Bertz CT molecular complexity index is 913. The molecule has 0 spiro atoms. The van der Waals surface area contributed by atoms with E-state index in [9.17, 15) is 4.79 Å². The van der Waals surface area contributed by atoms with Gasteiger partial charge in [-0.15, -0.1) is 17.9 Å². The molecule has 1 heterocycles. The molecule has 1 aromatic heterocycles. The molecule has 0 aliphatic carbocycles. The number of allylic oxidation sites excluding steroid dienone is 1. The number of hydrogen-bond acceptors (Lipinski definition) is 4. The van der Waals surface area contributed by atoms with E-state index in [1.165, 1.54) is 11.3 Å². The maximum atomic E-state index is 11.2. The van der Waals surface area contributed by atoms with Gasteiger partial charge in [0, 0.05) is 5.56 Å². The van der Waals surface area contributed by atoms with E-state index >= 15 is 0 Å². The van der Waals surface area contributed by atoms with E-state index in [2.05, 4.69) is 11.6 Å². The molecule has 0 saturated carbocycles. The van der Waals surface area contributed by atoms with Crippen LogP contribution in [-0.2, 0) is 6.42 Å².